The maximum absolute atomic E-state index is 10.1. The maximum Gasteiger partial charge on any atom is 0.0453 e. The Morgan fingerprint density at radius 1 is 1.47 bits per heavy atom. The van der Waals surface area contributed by atoms with Crippen molar-refractivity contribution in [2.45, 2.75) is 6.92 Å². The number of hydrogen-bond acceptors (Lipinski definition) is 3. The molecule has 0 aliphatic heterocycles. The molecule has 0 aliphatic rings. The SMILES string of the molecule is CCN.Cl.O=S([O-])Nc1ccc(I)cc1. The average Bonchev–Trinajstić information content (AvgIpc) is 2.09. The van der Waals surface area contributed by atoms with Crippen molar-refractivity contribution in [1.82, 2.24) is 0 Å². The van der Waals surface area contributed by atoms with E-state index >= 15 is 0 Å². The Bertz CT molecular complexity index is 284. The van der Waals surface area contributed by atoms with Gasteiger partial charge in [-0.15, -0.1) is 12.4 Å². The van der Waals surface area contributed by atoms with Crippen LogP contribution < -0.4 is 10.5 Å². The van der Waals surface area contributed by atoms with Gasteiger partial charge in [0.15, 0.2) is 0 Å². The second-order valence-electron chi connectivity index (χ2n) is 2.25. The van der Waals surface area contributed by atoms with Crippen LogP contribution in [0.3, 0.4) is 0 Å². The van der Waals surface area contributed by atoms with E-state index in [1.54, 1.807) is 12.1 Å². The maximum atomic E-state index is 10.1. The molecule has 0 aliphatic carbocycles. The highest BCUT2D eigenvalue weighted by Crippen LogP contribution is 2.10. The zero-order chi connectivity index (χ0) is 11.0. The van der Waals surface area contributed by atoms with Crippen molar-refractivity contribution in [3.8, 4) is 0 Å². The van der Waals surface area contributed by atoms with Gasteiger partial charge < -0.3 is 15.0 Å². The Morgan fingerprint density at radius 2 is 1.87 bits per heavy atom. The van der Waals surface area contributed by atoms with E-state index in [0.717, 1.165) is 10.1 Å². The molecular weight excluding hydrogens is 351 g/mol. The molecule has 0 aromatic heterocycles. The molecular formula is C8H13ClIN2O2S-. The zero-order valence-corrected chi connectivity index (χ0v) is 11.9. The van der Waals surface area contributed by atoms with Crippen LogP contribution in [-0.2, 0) is 11.3 Å². The van der Waals surface area contributed by atoms with E-state index in [1.165, 1.54) is 0 Å². The van der Waals surface area contributed by atoms with E-state index in [-0.39, 0.29) is 12.4 Å². The minimum Gasteiger partial charge on any atom is -0.755 e. The number of benzene rings is 1. The molecule has 1 rings (SSSR count). The predicted molar refractivity (Wildman–Crippen MR) is 73.7 cm³/mol. The fourth-order valence-electron chi connectivity index (χ4n) is 0.614. The molecule has 1 atom stereocenters. The van der Waals surface area contributed by atoms with Crippen LogP contribution in [0.15, 0.2) is 24.3 Å². The first kappa shape index (κ1) is 17.5. The third-order valence-corrected chi connectivity index (χ3v) is 2.17. The summed E-state index contributed by atoms with van der Waals surface area (Å²) in [6.45, 7) is 2.65. The summed E-state index contributed by atoms with van der Waals surface area (Å²) in [6, 6.07) is 7.07. The van der Waals surface area contributed by atoms with Crippen LogP contribution in [0, 0.1) is 3.57 Å². The fourth-order valence-corrected chi connectivity index (χ4v) is 1.30. The van der Waals surface area contributed by atoms with E-state index in [9.17, 15) is 8.76 Å². The first-order valence-corrected chi connectivity index (χ1v) is 6.07. The molecule has 0 saturated carbocycles. The van der Waals surface area contributed by atoms with Crippen molar-refractivity contribution in [2.24, 2.45) is 5.73 Å². The molecule has 0 fully saturated rings. The smallest absolute Gasteiger partial charge is 0.0453 e. The fraction of sp³-hybridized carbons (Fsp3) is 0.250. The van der Waals surface area contributed by atoms with E-state index in [2.05, 4.69) is 27.3 Å². The van der Waals surface area contributed by atoms with Gasteiger partial charge in [-0.1, -0.05) is 6.92 Å². The largest absolute Gasteiger partial charge is 0.755 e. The van der Waals surface area contributed by atoms with Gasteiger partial charge in [-0.25, -0.2) is 0 Å². The van der Waals surface area contributed by atoms with Gasteiger partial charge in [-0.3, -0.25) is 4.21 Å². The Morgan fingerprint density at radius 3 is 2.20 bits per heavy atom. The molecule has 0 bridgehead atoms. The number of rotatable bonds is 2. The van der Waals surface area contributed by atoms with Gasteiger partial charge in [0.05, 0.1) is 0 Å². The number of anilines is 1. The van der Waals surface area contributed by atoms with Gasteiger partial charge in [0.1, 0.15) is 0 Å². The van der Waals surface area contributed by atoms with E-state index in [1.807, 2.05) is 19.1 Å². The van der Waals surface area contributed by atoms with Crippen molar-refractivity contribution in [1.29, 1.82) is 0 Å². The molecule has 0 heterocycles. The lowest BCUT2D eigenvalue weighted by atomic mass is 10.3. The van der Waals surface area contributed by atoms with Crippen molar-refractivity contribution in [3.05, 3.63) is 27.8 Å². The summed E-state index contributed by atoms with van der Waals surface area (Å²) in [5.74, 6) is 0. The highest BCUT2D eigenvalue weighted by molar-refractivity contribution is 14.1. The number of hydrogen-bond donors (Lipinski definition) is 2. The third-order valence-electron chi connectivity index (χ3n) is 1.05. The van der Waals surface area contributed by atoms with Gasteiger partial charge in [0.2, 0.25) is 0 Å². The highest BCUT2D eigenvalue weighted by Gasteiger charge is 1.89. The molecule has 3 N–H and O–H groups in total. The molecule has 0 radical (unpaired) electrons. The lowest BCUT2D eigenvalue weighted by Gasteiger charge is -2.07. The molecule has 4 nitrogen and oxygen atoms in total. The number of nitrogens with two attached hydrogens (primary N) is 1. The molecule has 7 heteroatoms. The lowest BCUT2D eigenvalue weighted by Crippen LogP contribution is -2.01. The van der Waals surface area contributed by atoms with Crippen LogP contribution in [0.2, 0.25) is 0 Å². The zero-order valence-electron chi connectivity index (χ0n) is 8.10. The van der Waals surface area contributed by atoms with Crippen LogP contribution in [0.1, 0.15) is 6.92 Å². The monoisotopic (exact) mass is 363 g/mol. The van der Waals surface area contributed by atoms with Gasteiger partial charge in [0.25, 0.3) is 0 Å². The highest BCUT2D eigenvalue weighted by atomic mass is 127. The summed E-state index contributed by atoms with van der Waals surface area (Å²) in [4.78, 5) is 0. The Labute approximate surface area is 112 Å². The molecule has 0 spiro atoms. The summed E-state index contributed by atoms with van der Waals surface area (Å²) in [6.07, 6.45) is 0. The number of nitrogens with one attached hydrogen (secondary N) is 1. The van der Waals surface area contributed by atoms with Crippen molar-refractivity contribution >= 4 is 52.0 Å². The minimum atomic E-state index is -2.23. The minimum absolute atomic E-state index is 0. The van der Waals surface area contributed by atoms with Gasteiger partial charge in [-0.05, 0) is 53.4 Å². The van der Waals surface area contributed by atoms with Crippen molar-refractivity contribution in [2.75, 3.05) is 11.3 Å². The predicted octanol–water partition coefficient (Wildman–Crippen LogP) is 1.88. The second-order valence-corrected chi connectivity index (χ2v) is 4.17. The molecule has 0 saturated heterocycles. The quantitative estimate of drug-likeness (QED) is 0.622. The Hall–Kier alpha value is 0.110. The van der Waals surface area contributed by atoms with Crippen molar-refractivity contribution in [3.63, 3.8) is 0 Å². The molecule has 0 amide bonds. The van der Waals surface area contributed by atoms with Crippen LogP contribution in [0.25, 0.3) is 0 Å². The normalized spacial score (nSPS) is 10.4. The first-order chi connectivity index (χ1) is 6.60. The lowest BCUT2D eigenvalue weighted by molar-refractivity contribution is 0.542. The second kappa shape index (κ2) is 10.6. The van der Waals surface area contributed by atoms with Crippen LogP contribution in [0.4, 0.5) is 5.69 Å². The van der Waals surface area contributed by atoms with E-state index in [0.29, 0.717) is 5.69 Å². The van der Waals surface area contributed by atoms with E-state index < -0.39 is 11.3 Å². The third kappa shape index (κ3) is 10.4. The summed E-state index contributed by atoms with van der Waals surface area (Å²) in [7, 11) is 0. The molecule has 1 aromatic carbocycles. The molecule has 15 heavy (non-hydrogen) atoms. The van der Waals surface area contributed by atoms with Crippen LogP contribution in [0.5, 0.6) is 0 Å². The van der Waals surface area contributed by atoms with Gasteiger partial charge in [0, 0.05) is 20.5 Å². The topological polar surface area (TPSA) is 78.2 Å². The summed E-state index contributed by atoms with van der Waals surface area (Å²) >= 11 is -0.0772. The molecule has 1 unspecified atom stereocenters. The van der Waals surface area contributed by atoms with E-state index in [4.69, 9.17) is 5.73 Å². The Balaban J connectivity index is 0. The van der Waals surface area contributed by atoms with Crippen LogP contribution in [-0.4, -0.2) is 15.3 Å². The Kier molecular flexibility index (Phi) is 12.4. The summed E-state index contributed by atoms with van der Waals surface area (Å²) < 4.78 is 23.6. The summed E-state index contributed by atoms with van der Waals surface area (Å²) in [5, 5.41) is 0. The standard InChI is InChI=1S/C6H6INO2S.C2H7N.ClH/c7-5-1-3-6(4-2-5)8-11(9)10;1-2-3;/h1-4,8H,(H,9,10);2-3H2,1H3;1H/p-1. The van der Waals surface area contributed by atoms with Gasteiger partial charge >= 0.3 is 0 Å². The first-order valence-electron chi connectivity index (χ1n) is 3.91. The summed E-state index contributed by atoms with van der Waals surface area (Å²) in [5.41, 5.74) is 5.43. The molecule has 1 aromatic rings. The van der Waals surface area contributed by atoms with Gasteiger partial charge in [-0.2, -0.15) is 0 Å². The van der Waals surface area contributed by atoms with Crippen LogP contribution >= 0.6 is 35.0 Å². The van der Waals surface area contributed by atoms with Crippen molar-refractivity contribution < 1.29 is 8.76 Å². The molecule has 88 valence electrons. The number of halogens is 2. The average molecular weight is 364 g/mol.